The zero-order chi connectivity index (χ0) is 19.5. The van der Waals surface area contributed by atoms with Crippen molar-refractivity contribution >= 4 is 12.4 Å². The normalized spacial score (nSPS) is 19.5. The van der Waals surface area contributed by atoms with Gasteiger partial charge in [-0.15, -0.1) is 0 Å². The molecule has 2 atom stereocenters. The average molecular weight is 385 g/mol. The molecule has 8 nitrogen and oxygen atoms in total. The first-order chi connectivity index (χ1) is 13.7. The van der Waals surface area contributed by atoms with Crippen molar-refractivity contribution < 1.29 is 33.3 Å². The van der Waals surface area contributed by atoms with Crippen molar-refractivity contribution in [3.05, 3.63) is 47.2 Å². The lowest BCUT2D eigenvalue weighted by Crippen LogP contribution is -2.28. The van der Waals surface area contributed by atoms with E-state index in [4.69, 9.17) is 23.7 Å². The van der Waals surface area contributed by atoms with Crippen molar-refractivity contribution in [1.29, 1.82) is 0 Å². The fraction of sp³-hybridized carbons (Fsp3) is 0.350. The summed E-state index contributed by atoms with van der Waals surface area (Å²) in [6.45, 7) is 0.732. The van der Waals surface area contributed by atoms with Gasteiger partial charge in [-0.1, -0.05) is 0 Å². The third-order valence-electron chi connectivity index (χ3n) is 4.95. The summed E-state index contributed by atoms with van der Waals surface area (Å²) in [6.07, 6.45) is 2.30. The number of carbonyl (C=O) groups excluding carboxylic acids is 2. The van der Waals surface area contributed by atoms with E-state index in [0.717, 1.165) is 17.5 Å². The Kier molecular flexibility index (Phi) is 5.01. The van der Waals surface area contributed by atoms with Gasteiger partial charge >= 0.3 is 5.97 Å². The number of hydrogen-bond acceptors (Lipinski definition) is 8. The van der Waals surface area contributed by atoms with Crippen LogP contribution in [0.1, 0.15) is 34.0 Å². The SMILES string of the molecule is COc1ccc(C(=O)OC2c3cc4c(cc3CCC2COC=O)OCO4)cn1. The van der Waals surface area contributed by atoms with Crippen LogP contribution in [0.25, 0.3) is 0 Å². The molecule has 2 aliphatic rings. The minimum absolute atomic E-state index is 0.159. The minimum Gasteiger partial charge on any atom is -0.481 e. The monoisotopic (exact) mass is 385 g/mol. The highest BCUT2D eigenvalue weighted by Gasteiger charge is 2.35. The van der Waals surface area contributed by atoms with Crippen LogP contribution in [0.15, 0.2) is 30.5 Å². The van der Waals surface area contributed by atoms with E-state index in [1.165, 1.54) is 13.3 Å². The van der Waals surface area contributed by atoms with Crippen LogP contribution in [-0.2, 0) is 20.7 Å². The predicted molar refractivity (Wildman–Crippen MR) is 95.3 cm³/mol. The van der Waals surface area contributed by atoms with E-state index in [9.17, 15) is 9.59 Å². The molecular weight excluding hydrogens is 366 g/mol. The molecule has 0 bridgehead atoms. The first-order valence-corrected chi connectivity index (χ1v) is 8.88. The lowest BCUT2D eigenvalue weighted by atomic mass is 9.81. The first kappa shape index (κ1) is 18.1. The van der Waals surface area contributed by atoms with E-state index >= 15 is 0 Å². The Morgan fingerprint density at radius 3 is 2.82 bits per heavy atom. The highest BCUT2D eigenvalue weighted by Crippen LogP contribution is 2.44. The molecule has 0 spiro atoms. The number of nitrogens with zero attached hydrogens (tertiary/aromatic N) is 1. The molecular formula is C20H19NO7. The number of esters is 1. The molecule has 0 saturated heterocycles. The number of carbonyl (C=O) groups is 2. The highest BCUT2D eigenvalue weighted by molar-refractivity contribution is 5.89. The van der Waals surface area contributed by atoms with E-state index in [2.05, 4.69) is 4.98 Å². The second-order valence-corrected chi connectivity index (χ2v) is 6.55. The summed E-state index contributed by atoms with van der Waals surface area (Å²) in [7, 11) is 1.50. The van der Waals surface area contributed by atoms with Crippen LogP contribution < -0.4 is 14.2 Å². The smallest absolute Gasteiger partial charge is 0.340 e. The second-order valence-electron chi connectivity index (χ2n) is 6.55. The Hall–Kier alpha value is -3.29. The van der Waals surface area contributed by atoms with E-state index in [1.54, 1.807) is 12.1 Å². The van der Waals surface area contributed by atoms with Gasteiger partial charge in [0.05, 0.1) is 19.3 Å². The second kappa shape index (κ2) is 7.75. The van der Waals surface area contributed by atoms with Crippen molar-refractivity contribution in [2.45, 2.75) is 18.9 Å². The Bertz CT molecular complexity index is 881. The summed E-state index contributed by atoms with van der Waals surface area (Å²) in [5.41, 5.74) is 2.17. The van der Waals surface area contributed by atoms with Gasteiger partial charge in [-0.3, -0.25) is 4.79 Å². The number of ether oxygens (including phenoxy) is 5. The molecule has 4 rings (SSSR count). The van der Waals surface area contributed by atoms with Crippen molar-refractivity contribution in [1.82, 2.24) is 4.98 Å². The lowest BCUT2D eigenvalue weighted by molar-refractivity contribution is -0.131. The summed E-state index contributed by atoms with van der Waals surface area (Å²) in [4.78, 5) is 27.4. The molecule has 1 aromatic heterocycles. The maximum Gasteiger partial charge on any atom is 0.340 e. The molecule has 1 aliphatic heterocycles. The molecule has 0 radical (unpaired) electrons. The summed E-state index contributed by atoms with van der Waals surface area (Å²) in [5, 5.41) is 0. The largest absolute Gasteiger partial charge is 0.481 e. The molecule has 28 heavy (non-hydrogen) atoms. The Labute approximate surface area is 161 Å². The Balaban J connectivity index is 1.62. The molecule has 1 aliphatic carbocycles. The van der Waals surface area contributed by atoms with E-state index in [1.807, 2.05) is 12.1 Å². The van der Waals surface area contributed by atoms with Crippen LogP contribution in [0.3, 0.4) is 0 Å². The van der Waals surface area contributed by atoms with E-state index in [0.29, 0.717) is 35.8 Å². The molecule has 0 saturated carbocycles. The topological polar surface area (TPSA) is 93.2 Å². The van der Waals surface area contributed by atoms with E-state index in [-0.39, 0.29) is 19.3 Å². The van der Waals surface area contributed by atoms with E-state index < -0.39 is 12.1 Å². The predicted octanol–water partition coefficient (Wildman–Crippen LogP) is 2.45. The average Bonchev–Trinajstić information content (AvgIpc) is 3.19. The van der Waals surface area contributed by atoms with Gasteiger partial charge in [0.1, 0.15) is 6.10 Å². The highest BCUT2D eigenvalue weighted by atomic mass is 16.7. The Morgan fingerprint density at radius 1 is 1.29 bits per heavy atom. The third-order valence-corrected chi connectivity index (χ3v) is 4.95. The van der Waals surface area contributed by atoms with Gasteiger partial charge < -0.3 is 23.7 Å². The molecule has 2 aromatic rings. The van der Waals surface area contributed by atoms with Gasteiger partial charge in [0.15, 0.2) is 11.5 Å². The van der Waals surface area contributed by atoms with Crippen LogP contribution in [0.5, 0.6) is 17.4 Å². The molecule has 1 aromatic carbocycles. The molecule has 0 amide bonds. The number of rotatable bonds is 6. The fourth-order valence-electron chi connectivity index (χ4n) is 3.53. The Morgan fingerprint density at radius 2 is 2.11 bits per heavy atom. The summed E-state index contributed by atoms with van der Waals surface area (Å²) in [6, 6.07) is 6.95. The number of hydrogen-bond donors (Lipinski definition) is 0. The van der Waals surface area contributed by atoms with Gasteiger partial charge in [0.25, 0.3) is 6.47 Å². The molecule has 0 N–H and O–H groups in total. The van der Waals surface area contributed by atoms with Gasteiger partial charge in [-0.25, -0.2) is 9.78 Å². The summed E-state index contributed by atoms with van der Waals surface area (Å²) in [5.74, 6) is 1.04. The molecule has 146 valence electrons. The maximum absolute atomic E-state index is 12.7. The van der Waals surface area contributed by atoms with Gasteiger partial charge in [-0.05, 0) is 36.6 Å². The third kappa shape index (κ3) is 3.45. The zero-order valence-corrected chi connectivity index (χ0v) is 15.3. The number of benzene rings is 1. The van der Waals surface area contributed by atoms with Crippen LogP contribution >= 0.6 is 0 Å². The van der Waals surface area contributed by atoms with Gasteiger partial charge in [0.2, 0.25) is 12.7 Å². The summed E-state index contributed by atoms with van der Waals surface area (Å²) >= 11 is 0. The van der Waals surface area contributed by atoms with Crippen molar-refractivity contribution in [2.75, 3.05) is 20.5 Å². The number of aromatic nitrogens is 1. The van der Waals surface area contributed by atoms with Gasteiger partial charge in [-0.2, -0.15) is 0 Å². The molecule has 0 fully saturated rings. The number of aryl methyl sites for hydroxylation is 1. The quantitative estimate of drug-likeness (QED) is 0.553. The molecule has 8 heteroatoms. The first-order valence-electron chi connectivity index (χ1n) is 8.88. The number of pyridine rings is 1. The van der Waals surface area contributed by atoms with Crippen LogP contribution in [0.2, 0.25) is 0 Å². The van der Waals surface area contributed by atoms with Crippen LogP contribution in [0.4, 0.5) is 0 Å². The van der Waals surface area contributed by atoms with Crippen molar-refractivity contribution in [2.24, 2.45) is 5.92 Å². The number of fused-ring (bicyclic) bond motifs is 2. The maximum atomic E-state index is 12.7. The molecule has 2 unspecified atom stereocenters. The van der Waals surface area contributed by atoms with Crippen molar-refractivity contribution in [3.8, 4) is 17.4 Å². The van der Waals surface area contributed by atoms with Crippen LogP contribution in [-0.4, -0.2) is 37.9 Å². The van der Waals surface area contributed by atoms with Gasteiger partial charge in [0, 0.05) is 23.7 Å². The fourth-order valence-corrected chi connectivity index (χ4v) is 3.53. The minimum atomic E-state index is -0.576. The van der Waals surface area contributed by atoms with Crippen molar-refractivity contribution in [3.63, 3.8) is 0 Å². The standard InChI is InChI=1S/C20H19NO7/c1-24-18-5-4-13(8-21-18)20(23)28-19-14(9-25-10-22)3-2-12-6-16-17(7-15(12)19)27-11-26-16/h4-8,10,14,19H,2-3,9,11H2,1H3. The summed E-state index contributed by atoms with van der Waals surface area (Å²) < 4.78 is 26.7. The number of methoxy groups -OCH3 is 1. The van der Waals surface area contributed by atoms with Crippen LogP contribution in [0, 0.1) is 5.92 Å². The lowest BCUT2D eigenvalue weighted by Gasteiger charge is -2.32. The zero-order valence-electron chi connectivity index (χ0n) is 15.3. The molecule has 2 heterocycles.